The van der Waals surface area contributed by atoms with Crippen molar-refractivity contribution in [3.8, 4) is 0 Å². The molecule has 5 heteroatoms. The van der Waals surface area contributed by atoms with Crippen LogP contribution in [0.3, 0.4) is 0 Å². The minimum Gasteiger partial charge on any atom is -0.347 e. The number of nitrogens with two attached hydrogens (primary N) is 1. The van der Waals surface area contributed by atoms with Gasteiger partial charge in [0, 0.05) is 10.4 Å². The Morgan fingerprint density at radius 2 is 2.22 bits per heavy atom. The van der Waals surface area contributed by atoms with E-state index in [1.165, 1.54) is 0 Å². The zero-order valence-electron chi connectivity index (χ0n) is 10.1. The molecule has 0 bridgehead atoms. The van der Waals surface area contributed by atoms with Gasteiger partial charge in [0.1, 0.15) is 0 Å². The third-order valence-corrected chi connectivity index (χ3v) is 3.52. The second-order valence-electron chi connectivity index (χ2n) is 3.94. The summed E-state index contributed by atoms with van der Waals surface area (Å²) in [5.74, 6) is 5.28. The maximum Gasteiger partial charge on any atom is 0.251 e. The molecule has 0 unspecified atom stereocenters. The van der Waals surface area contributed by atoms with Crippen LogP contribution in [0.2, 0.25) is 0 Å². The number of amides is 1. The summed E-state index contributed by atoms with van der Waals surface area (Å²) in [6.07, 6.45) is 0. The van der Waals surface area contributed by atoms with Crippen LogP contribution in [0.25, 0.3) is 0 Å². The summed E-state index contributed by atoms with van der Waals surface area (Å²) in [7, 11) is 0. The van der Waals surface area contributed by atoms with E-state index in [-0.39, 0.29) is 5.91 Å². The van der Waals surface area contributed by atoms with E-state index in [2.05, 4.69) is 10.7 Å². The average molecular weight is 261 g/mol. The van der Waals surface area contributed by atoms with Gasteiger partial charge in [0.25, 0.3) is 5.91 Å². The van der Waals surface area contributed by atoms with Crippen molar-refractivity contribution in [1.29, 1.82) is 0 Å². The number of nitrogen functional groups attached to an aromatic ring is 1. The molecule has 1 aromatic carbocycles. The highest BCUT2D eigenvalue weighted by Crippen LogP contribution is 2.15. The number of hydrogen-bond donors (Lipinski definition) is 3. The van der Waals surface area contributed by atoms with Gasteiger partial charge in [-0.1, -0.05) is 6.07 Å². The molecule has 0 atom stereocenters. The first kappa shape index (κ1) is 12.6. The molecule has 0 spiro atoms. The first-order valence-electron chi connectivity index (χ1n) is 5.58. The summed E-state index contributed by atoms with van der Waals surface area (Å²) >= 11 is 1.63. The van der Waals surface area contributed by atoms with Crippen molar-refractivity contribution in [2.24, 2.45) is 5.84 Å². The van der Waals surface area contributed by atoms with E-state index in [1.807, 2.05) is 30.5 Å². The fourth-order valence-corrected chi connectivity index (χ4v) is 2.29. The van der Waals surface area contributed by atoms with Crippen LogP contribution in [0.5, 0.6) is 0 Å². The first-order chi connectivity index (χ1) is 8.70. The molecule has 0 saturated heterocycles. The molecule has 0 aliphatic carbocycles. The first-order valence-corrected chi connectivity index (χ1v) is 6.46. The Kier molecular flexibility index (Phi) is 3.96. The molecule has 0 radical (unpaired) electrons. The SMILES string of the molecule is Cc1cc(C(=O)NCc2cccs2)ccc1NN. The minimum absolute atomic E-state index is 0.0740. The van der Waals surface area contributed by atoms with Crippen LogP contribution in [-0.2, 0) is 6.54 Å². The summed E-state index contributed by atoms with van der Waals surface area (Å²) in [6.45, 7) is 2.47. The number of rotatable bonds is 4. The van der Waals surface area contributed by atoms with E-state index in [4.69, 9.17) is 5.84 Å². The summed E-state index contributed by atoms with van der Waals surface area (Å²) in [6, 6.07) is 9.34. The molecule has 0 saturated carbocycles. The summed E-state index contributed by atoms with van der Waals surface area (Å²) in [5, 5.41) is 4.88. The molecule has 18 heavy (non-hydrogen) atoms. The molecule has 94 valence electrons. The van der Waals surface area contributed by atoms with E-state index in [0.29, 0.717) is 12.1 Å². The van der Waals surface area contributed by atoms with Gasteiger partial charge < -0.3 is 10.7 Å². The number of benzene rings is 1. The van der Waals surface area contributed by atoms with Crippen LogP contribution in [0.4, 0.5) is 5.69 Å². The third kappa shape index (κ3) is 2.88. The van der Waals surface area contributed by atoms with Crippen LogP contribution < -0.4 is 16.6 Å². The van der Waals surface area contributed by atoms with E-state index in [9.17, 15) is 4.79 Å². The minimum atomic E-state index is -0.0740. The van der Waals surface area contributed by atoms with E-state index in [1.54, 1.807) is 23.5 Å². The Balaban J connectivity index is 2.02. The van der Waals surface area contributed by atoms with Crippen LogP contribution in [0.15, 0.2) is 35.7 Å². The Hall–Kier alpha value is -1.85. The van der Waals surface area contributed by atoms with E-state index in [0.717, 1.165) is 16.1 Å². The van der Waals surface area contributed by atoms with Gasteiger partial charge in [-0.2, -0.15) is 0 Å². The van der Waals surface area contributed by atoms with E-state index < -0.39 is 0 Å². The molecule has 1 heterocycles. The molecule has 0 fully saturated rings. The monoisotopic (exact) mass is 261 g/mol. The number of nitrogens with one attached hydrogen (secondary N) is 2. The quantitative estimate of drug-likeness (QED) is 0.584. The highest BCUT2D eigenvalue weighted by atomic mass is 32.1. The van der Waals surface area contributed by atoms with Gasteiger partial charge in [-0.25, -0.2) is 0 Å². The van der Waals surface area contributed by atoms with Crippen molar-refractivity contribution in [2.75, 3.05) is 5.43 Å². The van der Waals surface area contributed by atoms with Crippen molar-refractivity contribution in [2.45, 2.75) is 13.5 Å². The van der Waals surface area contributed by atoms with Gasteiger partial charge >= 0.3 is 0 Å². The molecule has 1 aromatic heterocycles. The second kappa shape index (κ2) is 5.66. The summed E-state index contributed by atoms with van der Waals surface area (Å²) < 4.78 is 0. The fourth-order valence-electron chi connectivity index (χ4n) is 1.65. The van der Waals surface area contributed by atoms with Crippen molar-refractivity contribution >= 4 is 22.9 Å². The fraction of sp³-hybridized carbons (Fsp3) is 0.154. The molecule has 2 aromatic rings. The topological polar surface area (TPSA) is 67.2 Å². The molecule has 0 aliphatic heterocycles. The number of hydrazine groups is 1. The molecule has 4 nitrogen and oxygen atoms in total. The van der Waals surface area contributed by atoms with Gasteiger partial charge in [-0.3, -0.25) is 10.6 Å². The smallest absolute Gasteiger partial charge is 0.251 e. The Morgan fingerprint density at radius 1 is 1.39 bits per heavy atom. The van der Waals surface area contributed by atoms with Crippen molar-refractivity contribution < 1.29 is 4.79 Å². The lowest BCUT2D eigenvalue weighted by Crippen LogP contribution is -2.22. The normalized spacial score (nSPS) is 10.1. The van der Waals surface area contributed by atoms with Crippen LogP contribution in [0, 0.1) is 6.92 Å². The Bertz CT molecular complexity index is 537. The van der Waals surface area contributed by atoms with Crippen molar-refractivity contribution in [3.05, 3.63) is 51.7 Å². The van der Waals surface area contributed by atoms with Crippen molar-refractivity contribution in [3.63, 3.8) is 0 Å². The molecule has 4 N–H and O–H groups in total. The van der Waals surface area contributed by atoms with E-state index >= 15 is 0 Å². The largest absolute Gasteiger partial charge is 0.347 e. The molecular weight excluding hydrogens is 246 g/mol. The van der Waals surface area contributed by atoms with Gasteiger partial charge in [-0.05, 0) is 42.1 Å². The predicted molar refractivity (Wildman–Crippen MR) is 74.5 cm³/mol. The standard InChI is InChI=1S/C13H15N3OS/c1-9-7-10(4-5-12(9)16-14)13(17)15-8-11-3-2-6-18-11/h2-7,16H,8,14H2,1H3,(H,15,17). The molecule has 1 amide bonds. The van der Waals surface area contributed by atoms with Gasteiger partial charge in [-0.15, -0.1) is 11.3 Å². The molecule has 2 rings (SSSR count). The number of anilines is 1. The van der Waals surface area contributed by atoms with Crippen LogP contribution in [0.1, 0.15) is 20.8 Å². The second-order valence-corrected chi connectivity index (χ2v) is 4.97. The number of aryl methyl sites for hydroxylation is 1. The molecule has 0 aliphatic rings. The Morgan fingerprint density at radius 3 is 2.83 bits per heavy atom. The molecular formula is C13H15N3OS. The van der Waals surface area contributed by atoms with Gasteiger partial charge in [0.05, 0.1) is 12.2 Å². The zero-order chi connectivity index (χ0) is 13.0. The maximum absolute atomic E-state index is 11.9. The lowest BCUT2D eigenvalue weighted by molar-refractivity contribution is 0.0951. The van der Waals surface area contributed by atoms with Gasteiger partial charge in [0.2, 0.25) is 0 Å². The highest BCUT2D eigenvalue weighted by Gasteiger charge is 2.07. The van der Waals surface area contributed by atoms with Crippen LogP contribution >= 0.6 is 11.3 Å². The van der Waals surface area contributed by atoms with Gasteiger partial charge in [0.15, 0.2) is 0 Å². The number of hydrogen-bond acceptors (Lipinski definition) is 4. The zero-order valence-corrected chi connectivity index (χ0v) is 10.9. The number of carbonyl (C=O) groups is 1. The third-order valence-electron chi connectivity index (χ3n) is 2.65. The maximum atomic E-state index is 11.9. The summed E-state index contributed by atoms with van der Waals surface area (Å²) in [4.78, 5) is 13.1. The Labute approximate surface area is 110 Å². The number of carbonyl (C=O) groups excluding carboxylic acids is 1. The van der Waals surface area contributed by atoms with Crippen LogP contribution in [-0.4, -0.2) is 5.91 Å². The highest BCUT2D eigenvalue weighted by molar-refractivity contribution is 7.09. The number of thiophene rings is 1. The average Bonchev–Trinajstić information content (AvgIpc) is 2.89. The lowest BCUT2D eigenvalue weighted by Gasteiger charge is -2.08. The lowest BCUT2D eigenvalue weighted by atomic mass is 10.1. The summed E-state index contributed by atoms with van der Waals surface area (Å²) in [5.41, 5.74) is 5.00. The predicted octanol–water partition coefficient (Wildman–Crippen LogP) is 2.27. The van der Waals surface area contributed by atoms with Crippen molar-refractivity contribution in [1.82, 2.24) is 5.32 Å².